The normalized spacial score (nSPS) is 13.9. The minimum atomic E-state index is -4.25. The Balaban J connectivity index is 1.55. The number of hydrogen-bond acceptors (Lipinski definition) is 9. The number of benzene rings is 2. The molecular formula is C41H46F4N6O9S. The van der Waals surface area contributed by atoms with Crippen LogP contribution in [0.2, 0.25) is 0 Å². The first-order chi connectivity index (χ1) is 28.7. The van der Waals surface area contributed by atoms with Crippen LogP contribution in [-0.4, -0.2) is 116 Å². The summed E-state index contributed by atoms with van der Waals surface area (Å²) in [7, 11) is 0. The van der Waals surface area contributed by atoms with Crippen LogP contribution in [0.25, 0.3) is 11.1 Å². The highest BCUT2D eigenvalue weighted by atomic mass is 32.2. The molecule has 0 aliphatic carbocycles. The van der Waals surface area contributed by atoms with E-state index in [1.54, 1.807) is 22.1 Å². The van der Waals surface area contributed by atoms with E-state index in [-0.39, 0.29) is 55.1 Å². The Morgan fingerprint density at radius 3 is 2.20 bits per heavy atom. The number of imide groups is 1. The third-order valence-corrected chi connectivity index (χ3v) is 10.3. The predicted molar refractivity (Wildman–Crippen MR) is 215 cm³/mol. The van der Waals surface area contributed by atoms with Gasteiger partial charge in [-0.3, -0.25) is 28.9 Å². The molecular weight excluding hydrogens is 829 g/mol. The molecule has 5 amide bonds. The first-order valence-corrected chi connectivity index (χ1v) is 20.1. The van der Waals surface area contributed by atoms with E-state index in [1.165, 1.54) is 4.90 Å². The van der Waals surface area contributed by atoms with E-state index in [4.69, 9.17) is 5.11 Å². The summed E-state index contributed by atoms with van der Waals surface area (Å²) in [6.07, 6.45) is 3.10. The average molecular weight is 875 g/mol. The second-order valence-electron chi connectivity index (χ2n) is 15.1. The van der Waals surface area contributed by atoms with Crippen LogP contribution < -0.4 is 16.0 Å². The topological polar surface area (TPSA) is 207 Å². The Labute approximate surface area is 352 Å². The molecule has 1 aromatic heterocycles. The van der Waals surface area contributed by atoms with Gasteiger partial charge in [-0.05, 0) is 41.7 Å². The number of alkyl halides is 2. The molecule has 0 radical (unpaired) electrons. The molecule has 3 aromatic rings. The van der Waals surface area contributed by atoms with Gasteiger partial charge in [0.05, 0.1) is 11.8 Å². The number of nitrogens with one attached hydrogen (secondary N) is 3. The Kier molecular flexibility index (Phi) is 16.4. The molecule has 0 fully saturated rings. The zero-order chi connectivity index (χ0) is 45.1. The van der Waals surface area contributed by atoms with E-state index in [2.05, 4.69) is 10.6 Å². The molecule has 0 saturated heterocycles. The van der Waals surface area contributed by atoms with Crippen LogP contribution in [0.15, 0.2) is 72.9 Å². The lowest BCUT2D eigenvalue weighted by Crippen LogP contribution is -2.47. The number of carbonyl (C=O) groups excluding carboxylic acids is 5. The van der Waals surface area contributed by atoms with Crippen molar-refractivity contribution in [3.8, 4) is 11.1 Å². The van der Waals surface area contributed by atoms with Gasteiger partial charge in [-0.1, -0.05) is 51.1 Å². The smallest absolute Gasteiger partial charge is 0.399 e. The number of rotatable bonds is 22. The molecule has 4 rings (SSSR count). The average Bonchev–Trinajstić information content (AvgIpc) is 3.73. The molecule has 0 bridgehead atoms. The van der Waals surface area contributed by atoms with Gasteiger partial charge in [-0.2, -0.15) is 8.78 Å². The number of nitrogens with zero attached hydrogens (tertiary/aromatic N) is 3. The molecule has 20 heteroatoms. The quantitative estimate of drug-likeness (QED) is 0.0425. The lowest BCUT2D eigenvalue weighted by atomic mass is 9.83. The number of hydrogen-bond donors (Lipinski definition) is 5. The standard InChI is InChI=1S/C41H46F4N6O9S/c1-40(2,3)37(31-18-26(28-19-27(42)10-11-29(28)43)21-49(31)20-25-8-5-4-6-9-25)50(17-7-15-47-41(44,45)39(59)60)36(56)24-61-23-30(38(57)58)48-32(52)14-16-46-33(53)22-51-34(54)12-13-35(51)55/h4-6,8-13,18-19,21,30,37,47H,7,14-17,20,22-24H2,1-3H3,(H,46,53)(H,48,52)(H,57,58)(H,59,60)/t30-,37-/m0/s1. The SMILES string of the molecule is CC(C)(C)[C@H](c1cc(-c2cc(F)ccc2F)cn1Cc1ccccc1)N(CCCNC(F)(F)C(=O)O)C(=O)CSC[C@H](NC(=O)CCNC(=O)CN1C(=O)C=CC1=O)C(=O)O. The van der Waals surface area contributed by atoms with Crippen LogP contribution in [-0.2, 0) is 40.1 Å². The molecule has 2 atom stereocenters. The van der Waals surface area contributed by atoms with E-state index < -0.39 is 89.7 Å². The maximum Gasteiger partial charge on any atom is 0.399 e. The first kappa shape index (κ1) is 47.7. The van der Waals surface area contributed by atoms with Gasteiger partial charge in [0, 0.05) is 73.5 Å². The van der Waals surface area contributed by atoms with Gasteiger partial charge < -0.3 is 30.3 Å². The second-order valence-corrected chi connectivity index (χ2v) is 16.1. The second kappa shape index (κ2) is 21.0. The van der Waals surface area contributed by atoms with Crippen molar-refractivity contribution in [2.45, 2.75) is 58.3 Å². The minimum Gasteiger partial charge on any atom is -0.480 e. The Morgan fingerprint density at radius 2 is 1.57 bits per heavy atom. The lowest BCUT2D eigenvalue weighted by molar-refractivity contribution is -0.169. The number of aliphatic carboxylic acids is 2. The van der Waals surface area contributed by atoms with Gasteiger partial charge in [-0.25, -0.2) is 23.7 Å². The van der Waals surface area contributed by atoms with Gasteiger partial charge in [0.2, 0.25) is 17.7 Å². The number of amides is 5. The van der Waals surface area contributed by atoms with Gasteiger partial charge in [0.15, 0.2) is 0 Å². The fraction of sp³-hybridized carbons (Fsp3) is 0.390. The minimum absolute atomic E-state index is 0.0500. The summed E-state index contributed by atoms with van der Waals surface area (Å²) < 4.78 is 59.3. The fourth-order valence-corrected chi connectivity index (χ4v) is 7.39. The molecule has 1 aliphatic rings. The molecule has 1 aliphatic heterocycles. The number of carboxylic acid groups (broad SMARTS) is 2. The van der Waals surface area contributed by atoms with Gasteiger partial charge in [0.1, 0.15) is 24.2 Å². The summed E-state index contributed by atoms with van der Waals surface area (Å²) in [5.74, 6) is -9.30. The first-order valence-electron chi connectivity index (χ1n) is 18.9. The highest BCUT2D eigenvalue weighted by molar-refractivity contribution is 8.00. The van der Waals surface area contributed by atoms with Crippen molar-refractivity contribution in [2.75, 3.05) is 37.7 Å². The zero-order valence-electron chi connectivity index (χ0n) is 33.5. The van der Waals surface area contributed by atoms with Crippen LogP contribution >= 0.6 is 11.8 Å². The summed E-state index contributed by atoms with van der Waals surface area (Å²) in [4.78, 5) is 87.7. The molecule has 61 heavy (non-hydrogen) atoms. The van der Waals surface area contributed by atoms with E-state index >= 15 is 4.39 Å². The largest absolute Gasteiger partial charge is 0.480 e. The number of thioether (sulfide) groups is 1. The summed E-state index contributed by atoms with van der Waals surface area (Å²) in [5, 5.41) is 25.1. The Hall–Kier alpha value is -6.02. The zero-order valence-corrected chi connectivity index (χ0v) is 34.3. The number of carboxylic acids is 2. The molecule has 0 unspecified atom stereocenters. The maximum atomic E-state index is 15.2. The summed E-state index contributed by atoms with van der Waals surface area (Å²) in [5.41, 5.74) is 0.701. The molecule has 5 N–H and O–H groups in total. The number of carbonyl (C=O) groups is 7. The van der Waals surface area contributed by atoms with Crippen molar-refractivity contribution < 1.29 is 61.3 Å². The van der Waals surface area contributed by atoms with E-state index in [9.17, 15) is 51.8 Å². The van der Waals surface area contributed by atoms with Crippen molar-refractivity contribution in [3.63, 3.8) is 0 Å². The van der Waals surface area contributed by atoms with Crippen LogP contribution in [0.1, 0.15) is 50.9 Å². The van der Waals surface area contributed by atoms with Crippen LogP contribution in [0.3, 0.4) is 0 Å². The summed E-state index contributed by atoms with van der Waals surface area (Å²) in [6.45, 7) is 4.10. The summed E-state index contributed by atoms with van der Waals surface area (Å²) in [6, 6.07) is 7.12. The molecule has 328 valence electrons. The van der Waals surface area contributed by atoms with Crippen LogP contribution in [0.5, 0.6) is 0 Å². The Morgan fingerprint density at radius 1 is 0.902 bits per heavy atom. The van der Waals surface area contributed by atoms with Gasteiger partial charge in [-0.15, -0.1) is 11.8 Å². The van der Waals surface area contributed by atoms with Crippen LogP contribution in [0.4, 0.5) is 17.6 Å². The van der Waals surface area contributed by atoms with Crippen molar-refractivity contribution in [1.29, 1.82) is 0 Å². The van der Waals surface area contributed by atoms with Gasteiger partial charge in [0.25, 0.3) is 11.8 Å². The summed E-state index contributed by atoms with van der Waals surface area (Å²) >= 11 is 0.855. The maximum absolute atomic E-state index is 15.2. The highest BCUT2D eigenvalue weighted by Gasteiger charge is 2.40. The lowest BCUT2D eigenvalue weighted by Gasteiger charge is -2.41. The van der Waals surface area contributed by atoms with E-state index in [0.29, 0.717) is 10.6 Å². The third kappa shape index (κ3) is 13.5. The molecule has 15 nitrogen and oxygen atoms in total. The molecule has 0 saturated carbocycles. The number of aromatic nitrogens is 1. The highest BCUT2D eigenvalue weighted by Crippen LogP contribution is 2.41. The predicted octanol–water partition coefficient (Wildman–Crippen LogP) is 3.79. The van der Waals surface area contributed by atoms with Crippen molar-refractivity contribution in [3.05, 3.63) is 95.8 Å². The van der Waals surface area contributed by atoms with E-state index in [0.717, 1.165) is 47.7 Å². The van der Waals surface area contributed by atoms with Gasteiger partial charge >= 0.3 is 18.0 Å². The fourth-order valence-electron chi connectivity index (χ4n) is 6.47. The van der Waals surface area contributed by atoms with Crippen LogP contribution in [0, 0.1) is 17.0 Å². The number of halogens is 4. The van der Waals surface area contributed by atoms with Crippen molar-refractivity contribution >= 4 is 53.2 Å². The van der Waals surface area contributed by atoms with E-state index in [1.807, 2.05) is 51.1 Å². The monoisotopic (exact) mass is 874 g/mol. The molecule has 2 aromatic carbocycles. The molecule has 0 spiro atoms. The molecule has 2 heterocycles. The Bertz CT molecular complexity index is 2130. The third-order valence-electron chi connectivity index (χ3n) is 9.31. The van der Waals surface area contributed by atoms with Crippen molar-refractivity contribution in [2.24, 2.45) is 5.41 Å². The van der Waals surface area contributed by atoms with Crippen molar-refractivity contribution in [1.82, 2.24) is 30.3 Å².